The summed E-state index contributed by atoms with van der Waals surface area (Å²) in [6, 6.07) is 6.15. The molecular weight excluding hydrogens is 278 g/mol. The Morgan fingerprint density at radius 2 is 2.05 bits per heavy atom. The van der Waals surface area contributed by atoms with Crippen molar-refractivity contribution in [3.05, 3.63) is 34.7 Å². The summed E-state index contributed by atoms with van der Waals surface area (Å²) in [4.78, 5) is 2.72. The lowest BCUT2D eigenvalue weighted by Crippen LogP contribution is -2.55. The molecular formula is C13H15N3O5. The van der Waals surface area contributed by atoms with Crippen LogP contribution in [-0.2, 0) is 9.47 Å². The first-order valence-electron chi connectivity index (χ1n) is 6.53. The first kappa shape index (κ1) is 14.0. The molecule has 0 unspecified atom stereocenters. The van der Waals surface area contributed by atoms with E-state index in [9.17, 15) is 5.11 Å². The Labute approximate surface area is 120 Å². The molecule has 0 radical (unpaired) electrons. The summed E-state index contributed by atoms with van der Waals surface area (Å²) in [5, 5.41) is 13.9. The Morgan fingerprint density at radius 3 is 2.71 bits per heavy atom. The van der Waals surface area contributed by atoms with Gasteiger partial charge in [-0.2, -0.15) is 0 Å². The Kier molecular flexibility index (Phi) is 3.85. The molecule has 2 aliphatic rings. The van der Waals surface area contributed by atoms with Crippen LogP contribution in [0, 0.1) is 0 Å². The number of fused-ring (bicyclic) bond motifs is 2. The van der Waals surface area contributed by atoms with Crippen LogP contribution in [0.2, 0.25) is 0 Å². The number of methoxy groups -OCH3 is 1. The van der Waals surface area contributed by atoms with Gasteiger partial charge in [0.05, 0.1) is 13.7 Å². The van der Waals surface area contributed by atoms with Gasteiger partial charge in [0.2, 0.25) is 0 Å². The zero-order valence-electron chi connectivity index (χ0n) is 11.3. The number of nitrogens with zero attached hydrogens (tertiary/aromatic N) is 3. The molecule has 8 nitrogen and oxygen atoms in total. The van der Waals surface area contributed by atoms with Crippen LogP contribution in [0.15, 0.2) is 29.4 Å². The van der Waals surface area contributed by atoms with Crippen LogP contribution in [-0.4, -0.2) is 49.5 Å². The number of benzene rings is 1. The second kappa shape index (κ2) is 5.79. The second-order valence-electron chi connectivity index (χ2n) is 4.82. The number of rotatable bonds is 4. The summed E-state index contributed by atoms with van der Waals surface area (Å²) in [5.74, 6) is 1.27. The molecule has 0 spiro atoms. The number of hydrogen-bond acceptors (Lipinski definition) is 6. The largest absolute Gasteiger partial charge is 0.497 e. The van der Waals surface area contributed by atoms with Crippen molar-refractivity contribution in [2.45, 2.75) is 30.6 Å². The van der Waals surface area contributed by atoms with Crippen molar-refractivity contribution >= 4 is 0 Å². The molecule has 0 amide bonds. The fourth-order valence-electron chi connectivity index (χ4n) is 2.51. The molecule has 0 aromatic heterocycles. The Bertz CT molecular complexity index is 545. The minimum atomic E-state index is -0.991. The SMILES string of the molecule is COc1ccc(O[C@H]2[C@H](O)[C@H](N=[N+]=[N-])[C@@H]3OC[C@H]2O3)cc1. The highest BCUT2D eigenvalue weighted by atomic mass is 16.7. The second-order valence-corrected chi connectivity index (χ2v) is 4.82. The molecule has 3 rings (SSSR count). The summed E-state index contributed by atoms with van der Waals surface area (Å²) in [7, 11) is 1.58. The lowest BCUT2D eigenvalue weighted by atomic mass is 9.99. The first-order valence-corrected chi connectivity index (χ1v) is 6.53. The standard InChI is InChI=1S/C13H15N3O5/c1-18-7-2-4-8(5-3-7)20-12-9-6-19-13(21-9)10(11(12)17)15-16-14/h2-5,9-13,17H,6H2,1H3/t9-,10+,11-,12-,13-/m1/s1. The molecule has 2 heterocycles. The maximum absolute atomic E-state index is 10.3. The number of azide groups is 1. The van der Waals surface area contributed by atoms with Gasteiger partial charge >= 0.3 is 0 Å². The van der Waals surface area contributed by atoms with Crippen molar-refractivity contribution in [1.82, 2.24) is 0 Å². The van der Waals surface area contributed by atoms with E-state index in [4.69, 9.17) is 24.5 Å². The van der Waals surface area contributed by atoms with Crippen molar-refractivity contribution in [2.75, 3.05) is 13.7 Å². The topological polar surface area (TPSA) is 106 Å². The Hall–Kier alpha value is -1.99. The monoisotopic (exact) mass is 293 g/mol. The van der Waals surface area contributed by atoms with Crippen LogP contribution in [0.1, 0.15) is 0 Å². The van der Waals surface area contributed by atoms with Crippen molar-refractivity contribution in [1.29, 1.82) is 0 Å². The van der Waals surface area contributed by atoms with Gasteiger partial charge in [-0.15, -0.1) is 0 Å². The van der Waals surface area contributed by atoms with Crippen LogP contribution >= 0.6 is 0 Å². The third kappa shape index (κ3) is 2.62. The van der Waals surface area contributed by atoms with E-state index in [0.717, 1.165) is 0 Å². The van der Waals surface area contributed by atoms with Gasteiger partial charge in [-0.05, 0) is 29.8 Å². The van der Waals surface area contributed by atoms with Crippen LogP contribution < -0.4 is 9.47 Å². The van der Waals surface area contributed by atoms with E-state index in [1.165, 1.54) is 0 Å². The zero-order valence-corrected chi connectivity index (χ0v) is 11.3. The van der Waals surface area contributed by atoms with Gasteiger partial charge in [-0.1, -0.05) is 5.11 Å². The molecule has 112 valence electrons. The van der Waals surface area contributed by atoms with E-state index in [0.29, 0.717) is 18.1 Å². The summed E-state index contributed by atoms with van der Waals surface area (Å²) in [5.41, 5.74) is 8.58. The summed E-state index contributed by atoms with van der Waals surface area (Å²) in [6.45, 7) is 0.292. The number of aliphatic hydroxyl groups is 1. The molecule has 21 heavy (non-hydrogen) atoms. The van der Waals surface area contributed by atoms with Crippen LogP contribution in [0.5, 0.6) is 11.5 Å². The van der Waals surface area contributed by atoms with Crippen molar-refractivity contribution in [3.8, 4) is 11.5 Å². The molecule has 2 fully saturated rings. The van der Waals surface area contributed by atoms with Crippen molar-refractivity contribution < 1.29 is 24.1 Å². The molecule has 0 aliphatic carbocycles. The van der Waals surface area contributed by atoms with Crippen LogP contribution in [0.3, 0.4) is 0 Å². The maximum Gasteiger partial charge on any atom is 0.169 e. The Balaban J connectivity index is 1.77. The Morgan fingerprint density at radius 1 is 1.33 bits per heavy atom. The van der Waals surface area contributed by atoms with Crippen LogP contribution in [0.25, 0.3) is 10.4 Å². The maximum atomic E-state index is 10.3. The quantitative estimate of drug-likeness (QED) is 0.510. The van der Waals surface area contributed by atoms with Gasteiger partial charge in [0, 0.05) is 4.91 Å². The minimum absolute atomic E-state index is 0.292. The van der Waals surface area contributed by atoms with Crippen molar-refractivity contribution in [2.24, 2.45) is 5.11 Å². The van der Waals surface area contributed by atoms with E-state index in [1.807, 2.05) is 0 Å². The lowest BCUT2D eigenvalue weighted by molar-refractivity contribution is -0.170. The molecule has 2 saturated heterocycles. The van der Waals surface area contributed by atoms with Gasteiger partial charge in [0.15, 0.2) is 12.4 Å². The fourth-order valence-corrected chi connectivity index (χ4v) is 2.51. The highest BCUT2D eigenvalue weighted by molar-refractivity contribution is 5.31. The van der Waals surface area contributed by atoms with E-state index >= 15 is 0 Å². The molecule has 5 atom stereocenters. The summed E-state index contributed by atoms with van der Waals surface area (Å²) >= 11 is 0. The van der Waals surface area contributed by atoms with Gasteiger partial charge in [0.25, 0.3) is 0 Å². The van der Waals surface area contributed by atoms with Gasteiger partial charge in [-0.3, -0.25) is 0 Å². The van der Waals surface area contributed by atoms with Crippen molar-refractivity contribution in [3.63, 3.8) is 0 Å². The molecule has 8 heteroatoms. The molecule has 1 aromatic carbocycles. The van der Waals surface area contributed by atoms with Gasteiger partial charge in [0.1, 0.15) is 29.7 Å². The normalized spacial score (nSPS) is 34.1. The lowest BCUT2D eigenvalue weighted by Gasteiger charge is -2.36. The molecule has 0 saturated carbocycles. The summed E-state index contributed by atoms with van der Waals surface area (Å²) < 4.78 is 21.8. The molecule has 2 aliphatic heterocycles. The average molecular weight is 293 g/mol. The summed E-state index contributed by atoms with van der Waals surface area (Å²) in [6.07, 6.45) is -2.75. The van der Waals surface area contributed by atoms with E-state index in [-0.39, 0.29) is 0 Å². The predicted octanol–water partition coefficient (Wildman–Crippen LogP) is 1.24. The third-order valence-electron chi connectivity index (χ3n) is 3.58. The first-order chi connectivity index (χ1) is 10.2. The number of hydrogen-bond donors (Lipinski definition) is 1. The van der Waals surface area contributed by atoms with Gasteiger partial charge < -0.3 is 24.1 Å². The van der Waals surface area contributed by atoms with E-state index in [1.54, 1.807) is 31.4 Å². The molecule has 1 aromatic rings. The number of aliphatic hydroxyl groups excluding tert-OH is 1. The van der Waals surface area contributed by atoms with Gasteiger partial charge in [-0.25, -0.2) is 0 Å². The molecule has 1 N–H and O–H groups in total. The van der Waals surface area contributed by atoms with Crippen LogP contribution in [0.4, 0.5) is 0 Å². The smallest absolute Gasteiger partial charge is 0.169 e. The highest BCUT2D eigenvalue weighted by Crippen LogP contribution is 2.33. The predicted molar refractivity (Wildman–Crippen MR) is 71.0 cm³/mol. The molecule has 2 bridgehead atoms. The highest BCUT2D eigenvalue weighted by Gasteiger charge is 2.51. The van der Waals surface area contributed by atoms with E-state index < -0.39 is 30.6 Å². The third-order valence-corrected chi connectivity index (χ3v) is 3.58. The van der Waals surface area contributed by atoms with E-state index in [2.05, 4.69) is 10.0 Å². The number of ether oxygens (including phenoxy) is 4. The average Bonchev–Trinajstić information content (AvgIpc) is 2.95. The fraction of sp³-hybridized carbons (Fsp3) is 0.538. The zero-order chi connectivity index (χ0) is 14.8. The minimum Gasteiger partial charge on any atom is -0.497 e.